The van der Waals surface area contributed by atoms with E-state index in [4.69, 9.17) is 21.4 Å². The second-order valence-corrected chi connectivity index (χ2v) is 2.94. The van der Waals surface area contributed by atoms with Crippen LogP contribution in [0.15, 0.2) is 30.2 Å². The van der Waals surface area contributed by atoms with Gasteiger partial charge in [-0.1, -0.05) is 0 Å². The van der Waals surface area contributed by atoms with E-state index in [9.17, 15) is 4.79 Å². The van der Waals surface area contributed by atoms with Gasteiger partial charge in [-0.2, -0.15) is 0 Å². The van der Waals surface area contributed by atoms with E-state index in [1.165, 1.54) is 18.3 Å². The molecule has 0 fully saturated rings. The van der Waals surface area contributed by atoms with E-state index in [0.29, 0.717) is 11.5 Å². The third kappa shape index (κ3) is 3.25. The van der Waals surface area contributed by atoms with Crippen LogP contribution in [0.25, 0.3) is 0 Å². The number of halogens is 1. The third-order valence-electron chi connectivity index (χ3n) is 1.66. The Kier molecular flexibility index (Phi) is 4.12. The highest BCUT2D eigenvalue weighted by molar-refractivity contribution is 6.19. The normalized spacial score (nSPS) is 11.2. The average Bonchev–Trinajstić information content (AvgIpc) is 2.26. The van der Waals surface area contributed by atoms with Crippen LogP contribution in [-0.4, -0.2) is 21.9 Å². The fourth-order valence-corrected chi connectivity index (χ4v) is 1.09. The van der Waals surface area contributed by atoms with Crippen molar-refractivity contribution < 1.29 is 14.6 Å². The Morgan fingerprint density at radius 2 is 2.40 bits per heavy atom. The summed E-state index contributed by atoms with van der Waals surface area (Å²) in [6, 6.07) is 2.91. The van der Waals surface area contributed by atoms with Crippen LogP contribution in [-0.2, 0) is 0 Å². The van der Waals surface area contributed by atoms with Crippen molar-refractivity contribution in [3.05, 3.63) is 35.9 Å². The van der Waals surface area contributed by atoms with Crippen molar-refractivity contribution in [1.82, 2.24) is 4.98 Å². The molecule has 4 nitrogen and oxygen atoms in total. The first kappa shape index (κ1) is 11.5. The van der Waals surface area contributed by atoms with Gasteiger partial charge in [-0.25, -0.2) is 9.78 Å². The van der Waals surface area contributed by atoms with Gasteiger partial charge >= 0.3 is 5.97 Å². The van der Waals surface area contributed by atoms with Crippen LogP contribution in [0.4, 0.5) is 0 Å². The minimum Gasteiger partial charge on any atom is -0.477 e. The fourth-order valence-electron chi connectivity index (χ4n) is 0.882. The average molecular weight is 228 g/mol. The first-order chi connectivity index (χ1) is 7.17. The van der Waals surface area contributed by atoms with Crippen molar-refractivity contribution in [2.24, 2.45) is 0 Å². The molecule has 1 aromatic rings. The van der Waals surface area contributed by atoms with Gasteiger partial charge in [-0.3, -0.25) is 0 Å². The van der Waals surface area contributed by atoms with Crippen molar-refractivity contribution in [3.63, 3.8) is 0 Å². The minimum atomic E-state index is -1.06. The summed E-state index contributed by atoms with van der Waals surface area (Å²) in [6.07, 6.45) is 3.08. The second kappa shape index (κ2) is 5.36. The summed E-state index contributed by atoms with van der Waals surface area (Å²) in [7, 11) is 0. The quantitative estimate of drug-likeness (QED) is 0.633. The lowest BCUT2D eigenvalue weighted by Crippen LogP contribution is -2.01. The van der Waals surface area contributed by atoms with E-state index >= 15 is 0 Å². The maximum atomic E-state index is 10.5. The van der Waals surface area contributed by atoms with Crippen molar-refractivity contribution >= 4 is 17.6 Å². The van der Waals surface area contributed by atoms with E-state index in [0.717, 1.165) is 0 Å². The van der Waals surface area contributed by atoms with E-state index in [1.807, 2.05) is 0 Å². The van der Waals surface area contributed by atoms with Gasteiger partial charge in [0.1, 0.15) is 17.2 Å². The molecule has 1 N–H and O–H groups in total. The summed E-state index contributed by atoms with van der Waals surface area (Å²) in [5.41, 5.74) is -0.0183. The summed E-state index contributed by atoms with van der Waals surface area (Å²) >= 11 is 5.59. The number of hydrogen-bond acceptors (Lipinski definition) is 3. The number of ether oxygens (including phenoxy) is 1. The summed E-state index contributed by atoms with van der Waals surface area (Å²) in [5.74, 6) is 0.262. The molecule has 0 saturated heterocycles. The zero-order valence-corrected chi connectivity index (χ0v) is 8.86. The van der Waals surface area contributed by atoms with Crippen LogP contribution in [0.1, 0.15) is 17.4 Å². The summed E-state index contributed by atoms with van der Waals surface area (Å²) in [4.78, 5) is 14.2. The number of allylic oxidation sites excluding steroid dienone is 2. The van der Waals surface area contributed by atoms with Gasteiger partial charge in [-0.15, -0.1) is 11.6 Å². The Balaban J connectivity index is 2.76. The molecule has 0 atom stereocenters. The molecule has 80 valence electrons. The molecule has 5 heteroatoms. The lowest BCUT2D eigenvalue weighted by molar-refractivity contribution is 0.0690. The van der Waals surface area contributed by atoms with E-state index in [2.05, 4.69) is 4.98 Å². The molecule has 0 spiro atoms. The van der Waals surface area contributed by atoms with Gasteiger partial charge in [0, 0.05) is 0 Å². The predicted octanol–water partition coefficient (Wildman–Crippen LogP) is 2.30. The van der Waals surface area contributed by atoms with Crippen molar-refractivity contribution in [3.8, 4) is 5.75 Å². The lowest BCUT2D eigenvalue weighted by atomic mass is 10.3. The number of carboxylic acid groups (broad SMARTS) is 1. The van der Waals surface area contributed by atoms with Crippen LogP contribution in [0, 0.1) is 0 Å². The highest BCUT2D eigenvalue weighted by Crippen LogP contribution is 2.13. The number of aromatic nitrogens is 1. The monoisotopic (exact) mass is 227 g/mol. The third-order valence-corrected chi connectivity index (χ3v) is 1.92. The molecule has 0 aliphatic heterocycles. The molecule has 1 heterocycles. The molecular formula is C10H10ClNO3. The second-order valence-electron chi connectivity index (χ2n) is 2.67. The molecule has 0 aliphatic rings. The zero-order chi connectivity index (χ0) is 11.3. The molecule has 0 unspecified atom stereocenters. The Morgan fingerprint density at radius 1 is 1.67 bits per heavy atom. The van der Waals surface area contributed by atoms with E-state index in [-0.39, 0.29) is 11.6 Å². The molecular weight excluding hydrogens is 218 g/mol. The number of aromatic carboxylic acids is 1. The largest absolute Gasteiger partial charge is 0.477 e. The molecule has 0 aromatic carbocycles. The highest BCUT2D eigenvalue weighted by atomic mass is 35.5. The number of rotatable bonds is 4. The number of nitrogens with zero attached hydrogens (tertiary/aromatic N) is 1. The van der Waals surface area contributed by atoms with Crippen LogP contribution in [0.5, 0.6) is 5.75 Å². The molecule has 1 aromatic heterocycles. The van der Waals surface area contributed by atoms with Gasteiger partial charge < -0.3 is 9.84 Å². The Bertz CT molecular complexity index is 373. The first-order valence-electron chi connectivity index (χ1n) is 4.25. The lowest BCUT2D eigenvalue weighted by Gasteiger charge is -2.06. The number of hydrogen-bond donors (Lipinski definition) is 1. The van der Waals surface area contributed by atoms with Crippen molar-refractivity contribution in [2.45, 2.75) is 6.92 Å². The molecule has 0 aliphatic carbocycles. The standard InChI is InChI=1S/C10H10ClNO3/c1-2-7(5-11)15-8-3-4-9(10(13)14)12-6-8/h2-4,6H,5H2,1H3,(H,13,14). The number of carbonyl (C=O) groups is 1. The van der Waals surface area contributed by atoms with Gasteiger partial charge in [0.25, 0.3) is 0 Å². The summed E-state index contributed by atoms with van der Waals surface area (Å²) in [6.45, 7) is 1.80. The highest BCUT2D eigenvalue weighted by Gasteiger charge is 2.04. The summed E-state index contributed by atoms with van der Waals surface area (Å²) < 4.78 is 5.32. The van der Waals surface area contributed by atoms with E-state index < -0.39 is 5.97 Å². The Morgan fingerprint density at radius 3 is 2.80 bits per heavy atom. The Labute approximate surface area is 92.2 Å². The SMILES string of the molecule is CC=C(CCl)Oc1ccc(C(=O)O)nc1. The van der Waals surface area contributed by atoms with Crippen LogP contribution < -0.4 is 4.74 Å². The van der Waals surface area contributed by atoms with Gasteiger partial charge in [0.05, 0.1) is 12.1 Å². The van der Waals surface area contributed by atoms with Crippen molar-refractivity contribution in [1.29, 1.82) is 0 Å². The van der Waals surface area contributed by atoms with Gasteiger partial charge in [0.15, 0.2) is 0 Å². The van der Waals surface area contributed by atoms with Gasteiger partial charge in [-0.05, 0) is 25.1 Å². The molecule has 0 amide bonds. The number of alkyl halides is 1. The minimum absolute atomic E-state index is 0.0183. The number of carboxylic acids is 1. The maximum absolute atomic E-state index is 10.5. The topological polar surface area (TPSA) is 59.4 Å². The molecule has 1 rings (SSSR count). The Hall–Kier alpha value is -1.55. The predicted molar refractivity (Wildman–Crippen MR) is 56.3 cm³/mol. The van der Waals surface area contributed by atoms with E-state index in [1.54, 1.807) is 13.0 Å². The van der Waals surface area contributed by atoms with Crippen LogP contribution in [0.3, 0.4) is 0 Å². The zero-order valence-electron chi connectivity index (χ0n) is 8.11. The number of pyridine rings is 1. The maximum Gasteiger partial charge on any atom is 0.354 e. The molecule has 15 heavy (non-hydrogen) atoms. The van der Waals surface area contributed by atoms with Crippen LogP contribution in [0.2, 0.25) is 0 Å². The molecule has 0 radical (unpaired) electrons. The summed E-state index contributed by atoms with van der Waals surface area (Å²) in [5, 5.41) is 8.61. The molecule has 0 saturated carbocycles. The first-order valence-corrected chi connectivity index (χ1v) is 4.79. The van der Waals surface area contributed by atoms with Crippen molar-refractivity contribution in [2.75, 3.05) is 5.88 Å². The fraction of sp³-hybridized carbons (Fsp3) is 0.200. The van der Waals surface area contributed by atoms with Crippen LogP contribution >= 0.6 is 11.6 Å². The van der Waals surface area contributed by atoms with Gasteiger partial charge in [0.2, 0.25) is 0 Å². The smallest absolute Gasteiger partial charge is 0.354 e. The molecule has 0 bridgehead atoms.